The minimum Gasteiger partial charge on any atom is -0.361 e. The number of aromatic nitrogens is 4. The van der Waals surface area contributed by atoms with Gasteiger partial charge in [0.25, 0.3) is 0 Å². The van der Waals surface area contributed by atoms with E-state index in [2.05, 4.69) is 57.2 Å². The van der Waals surface area contributed by atoms with Crippen molar-refractivity contribution in [1.29, 1.82) is 0 Å². The molecule has 0 aliphatic carbocycles. The number of hydrogen-bond donors (Lipinski definition) is 13. The molecule has 15 N–H and O–H groups in total. The fourth-order valence-corrected chi connectivity index (χ4v) is 8.48. The smallest absolute Gasteiger partial charge is 0.316 e. The van der Waals surface area contributed by atoms with Gasteiger partial charge in [0.2, 0.25) is 30.0 Å². The Morgan fingerprint density at radius 3 is 1.16 bits per heavy atom. The van der Waals surface area contributed by atoms with Crippen molar-refractivity contribution in [2.24, 2.45) is 11.5 Å². The Hall–Kier alpha value is -8.42. The molecule has 0 saturated carbocycles. The van der Waals surface area contributed by atoms with Crippen molar-refractivity contribution in [3.05, 3.63) is 144 Å². The quantitative estimate of drug-likeness (QED) is 0.0386. The number of amides is 7. The zero-order valence-electron chi connectivity index (χ0n) is 41.6. The molecule has 0 fully saturated rings. The second kappa shape index (κ2) is 23.2. The molecule has 8 aromatic rings. The van der Waals surface area contributed by atoms with Crippen LogP contribution in [0, 0.1) is 0 Å². The second-order valence-electron chi connectivity index (χ2n) is 19.2. The van der Waals surface area contributed by atoms with Gasteiger partial charge in [-0.2, -0.15) is 0 Å². The number of aromatic amines is 4. The maximum atomic E-state index is 13.7. The molecule has 7 amide bonds. The van der Waals surface area contributed by atoms with Crippen LogP contribution in [0.4, 0.5) is 4.79 Å². The summed E-state index contributed by atoms with van der Waals surface area (Å²) in [5.41, 5.74) is 17.1. The lowest BCUT2D eigenvalue weighted by molar-refractivity contribution is -0.131. The monoisotopic (exact) mass is 992 g/mol. The van der Waals surface area contributed by atoms with Gasteiger partial charge in [-0.1, -0.05) is 72.8 Å². The summed E-state index contributed by atoms with van der Waals surface area (Å²) in [6, 6.07) is 28.9. The van der Waals surface area contributed by atoms with Crippen molar-refractivity contribution < 1.29 is 28.8 Å². The van der Waals surface area contributed by atoms with E-state index in [1.807, 2.05) is 129 Å². The van der Waals surface area contributed by atoms with E-state index in [0.29, 0.717) is 25.8 Å². The summed E-state index contributed by atoms with van der Waals surface area (Å²) in [6.45, 7) is 8.57. The van der Waals surface area contributed by atoms with Crippen LogP contribution in [0.5, 0.6) is 0 Å². The van der Waals surface area contributed by atoms with Crippen molar-refractivity contribution in [1.82, 2.24) is 57.2 Å². The van der Waals surface area contributed by atoms with Gasteiger partial charge in [0.15, 0.2) is 0 Å². The Morgan fingerprint density at radius 1 is 0.493 bits per heavy atom. The minimum atomic E-state index is -1.18. The van der Waals surface area contributed by atoms with Crippen LogP contribution in [0.3, 0.4) is 0 Å². The summed E-state index contributed by atoms with van der Waals surface area (Å²) >= 11 is 0. The topological polar surface area (TPSA) is 302 Å². The molecule has 73 heavy (non-hydrogen) atoms. The first kappa shape index (κ1) is 52.4. The molecule has 0 unspecified atom stereocenters. The third kappa shape index (κ3) is 13.5. The van der Waals surface area contributed by atoms with Gasteiger partial charge >= 0.3 is 6.03 Å². The third-order valence-electron chi connectivity index (χ3n) is 12.4. The zero-order chi connectivity index (χ0) is 52.3. The predicted octanol–water partition coefficient (Wildman–Crippen LogP) is 4.26. The standard InChI is InChI=1S/C28H35N7O3.C26H30N6O3/c1-4-30-27(38)35-24(14-18-16-32-22-12-8-6-10-20(18)22)34-25(36)23(33-26(37)28(2,3)29)13-17-15-31-21-11-7-5-9-19(17)21;1-26(2,27)25(35)31-22(11-16-13-28-20-9-5-3-7-18(16)20)24(34)32-23(30-15-33)12-17-14-29-21-10-6-4-8-19(17)21/h5-12,15-16,23-24,31-32H,4,13-14,29H2,1-3H3,(H,33,37)(H,34,36)(H2,30,35,38);3-10,13-15,22-23,28-29H,11-12,27H2,1-2H3,(H,30,33)(H,31,35)(H,32,34)/t23-,24+;22-,23-/m11/s1. The number of fused-ring (bicyclic) bond motifs is 4. The summed E-state index contributed by atoms with van der Waals surface area (Å²) in [7, 11) is 0. The van der Waals surface area contributed by atoms with Gasteiger partial charge in [0.1, 0.15) is 24.4 Å². The number of hydrogen-bond acceptors (Lipinski definition) is 8. The summed E-state index contributed by atoms with van der Waals surface area (Å²) in [5.74, 6) is -1.77. The zero-order valence-corrected chi connectivity index (χ0v) is 41.6. The minimum absolute atomic E-state index is 0.235. The molecular weight excluding hydrogens is 927 g/mol. The van der Waals surface area contributed by atoms with Crippen LogP contribution in [0.1, 0.15) is 56.9 Å². The summed E-state index contributed by atoms with van der Waals surface area (Å²) in [5, 5.41) is 23.6. The first-order valence-corrected chi connectivity index (χ1v) is 24.2. The van der Waals surface area contributed by atoms with E-state index in [4.69, 9.17) is 11.5 Å². The fraction of sp³-hybridized carbons (Fsp3) is 0.296. The normalized spacial score (nSPS) is 13.2. The van der Waals surface area contributed by atoms with Gasteiger partial charge in [-0.3, -0.25) is 24.0 Å². The van der Waals surface area contributed by atoms with Crippen molar-refractivity contribution in [3.8, 4) is 0 Å². The number of carbonyl (C=O) groups excluding carboxylic acids is 6. The summed E-state index contributed by atoms with van der Waals surface area (Å²) in [4.78, 5) is 89.1. The van der Waals surface area contributed by atoms with Crippen molar-refractivity contribution >= 4 is 79.7 Å². The highest BCUT2D eigenvalue weighted by molar-refractivity contribution is 5.94. The molecule has 4 heterocycles. The van der Waals surface area contributed by atoms with Gasteiger partial charge in [0, 0.05) is 101 Å². The molecule has 19 nitrogen and oxygen atoms in total. The number of nitrogens with two attached hydrogens (primary N) is 2. The maximum Gasteiger partial charge on any atom is 0.316 e. The van der Waals surface area contributed by atoms with E-state index < -0.39 is 65.2 Å². The molecule has 19 heteroatoms. The van der Waals surface area contributed by atoms with Crippen LogP contribution in [0.2, 0.25) is 0 Å². The molecule has 4 aromatic carbocycles. The van der Waals surface area contributed by atoms with Gasteiger partial charge in [0.05, 0.1) is 11.1 Å². The van der Waals surface area contributed by atoms with Crippen molar-refractivity contribution in [2.75, 3.05) is 6.54 Å². The average Bonchev–Trinajstić information content (AvgIpc) is 4.17. The molecule has 0 aliphatic rings. The second-order valence-corrected chi connectivity index (χ2v) is 19.2. The Kier molecular flexibility index (Phi) is 16.7. The average molecular weight is 992 g/mol. The SMILES string of the molecule is CC(C)(N)C(=O)N[C@H](Cc1c[nH]c2ccccc12)C(=O)N[C@H](Cc1c[nH]c2ccccc12)NC=O.CCNC(=O)N[C@@H](Cc1c[nH]c2ccccc12)NC(=O)[C@@H](Cc1c[nH]c2ccccc12)NC(=O)C(C)(C)N. The van der Waals surface area contributed by atoms with Crippen LogP contribution in [-0.4, -0.2) is 98.0 Å². The van der Waals surface area contributed by atoms with E-state index in [-0.39, 0.29) is 12.8 Å². The van der Waals surface area contributed by atoms with E-state index in [1.165, 1.54) is 0 Å². The van der Waals surface area contributed by atoms with Gasteiger partial charge < -0.3 is 68.6 Å². The predicted molar refractivity (Wildman–Crippen MR) is 284 cm³/mol. The number of nitrogens with one attached hydrogen (secondary N) is 11. The number of urea groups is 1. The maximum absolute atomic E-state index is 13.7. The molecule has 0 radical (unpaired) electrons. The number of H-pyrrole nitrogens is 4. The number of para-hydroxylation sites is 4. The lowest BCUT2D eigenvalue weighted by Crippen LogP contribution is -2.60. The summed E-state index contributed by atoms with van der Waals surface area (Å²) in [6.07, 6.45) is 7.72. The van der Waals surface area contributed by atoms with Crippen LogP contribution in [0.15, 0.2) is 122 Å². The number of rotatable bonds is 20. The third-order valence-corrected chi connectivity index (χ3v) is 12.4. The molecule has 0 aliphatic heterocycles. The van der Waals surface area contributed by atoms with Gasteiger partial charge in [-0.05, 0) is 81.1 Å². The fourth-order valence-electron chi connectivity index (χ4n) is 8.48. The van der Waals surface area contributed by atoms with E-state index >= 15 is 0 Å². The largest absolute Gasteiger partial charge is 0.361 e. The lowest BCUT2D eigenvalue weighted by Gasteiger charge is -2.27. The Labute approximate surface area is 422 Å². The van der Waals surface area contributed by atoms with E-state index in [1.54, 1.807) is 27.7 Å². The molecule has 0 bridgehead atoms. The van der Waals surface area contributed by atoms with Crippen molar-refractivity contribution in [3.63, 3.8) is 0 Å². The van der Waals surface area contributed by atoms with Gasteiger partial charge in [-0.15, -0.1) is 0 Å². The molecule has 4 atom stereocenters. The molecule has 8 rings (SSSR count). The Bertz CT molecular complexity index is 3210. The highest BCUT2D eigenvalue weighted by atomic mass is 16.2. The van der Waals surface area contributed by atoms with Crippen LogP contribution in [-0.2, 0) is 49.7 Å². The highest BCUT2D eigenvalue weighted by Gasteiger charge is 2.32. The summed E-state index contributed by atoms with van der Waals surface area (Å²) < 4.78 is 0. The van der Waals surface area contributed by atoms with Crippen LogP contribution < -0.4 is 48.7 Å². The molecule has 382 valence electrons. The Balaban J connectivity index is 0.000000214. The first-order chi connectivity index (χ1) is 34.9. The molecule has 4 aromatic heterocycles. The molecule has 0 saturated heterocycles. The van der Waals surface area contributed by atoms with Gasteiger partial charge in [-0.25, -0.2) is 4.79 Å². The van der Waals surface area contributed by atoms with Crippen molar-refractivity contribution in [2.45, 2.75) is 95.8 Å². The Morgan fingerprint density at radius 2 is 0.822 bits per heavy atom. The number of benzene rings is 4. The molecular formula is C54H65N13O6. The first-order valence-electron chi connectivity index (χ1n) is 24.2. The highest BCUT2D eigenvalue weighted by Crippen LogP contribution is 2.23. The lowest BCUT2D eigenvalue weighted by atomic mass is 10.0. The molecule has 0 spiro atoms. The van der Waals surface area contributed by atoms with Crippen LogP contribution >= 0.6 is 0 Å². The number of carbonyl (C=O) groups is 6. The van der Waals surface area contributed by atoms with E-state index in [0.717, 1.165) is 65.9 Å². The van der Waals surface area contributed by atoms with Crippen LogP contribution in [0.25, 0.3) is 43.6 Å². The van der Waals surface area contributed by atoms with E-state index in [9.17, 15) is 28.8 Å².